The van der Waals surface area contributed by atoms with Gasteiger partial charge in [0.15, 0.2) is 11.5 Å². The van der Waals surface area contributed by atoms with Gasteiger partial charge in [0.2, 0.25) is 0 Å². The predicted octanol–water partition coefficient (Wildman–Crippen LogP) is 2.15. The number of ether oxygens (including phenoxy) is 2. The molecule has 0 atom stereocenters. The SMILES string of the molecule is CNc1ccncc1C(=O)Nc1ccc2c(c1)OCCO2. The minimum Gasteiger partial charge on any atom is -0.486 e. The van der Waals surface area contributed by atoms with Crippen LogP contribution in [0.25, 0.3) is 0 Å². The molecular weight excluding hydrogens is 270 g/mol. The van der Waals surface area contributed by atoms with E-state index in [4.69, 9.17) is 9.47 Å². The Morgan fingerprint density at radius 3 is 2.81 bits per heavy atom. The Bertz CT molecular complexity index is 673. The first-order chi connectivity index (χ1) is 10.3. The summed E-state index contributed by atoms with van der Waals surface area (Å²) in [5.41, 5.74) is 1.85. The van der Waals surface area contributed by atoms with Gasteiger partial charge in [-0.15, -0.1) is 0 Å². The van der Waals surface area contributed by atoms with Gasteiger partial charge < -0.3 is 20.1 Å². The molecule has 0 unspecified atom stereocenters. The van der Waals surface area contributed by atoms with Crippen LogP contribution in [0.1, 0.15) is 10.4 Å². The highest BCUT2D eigenvalue weighted by molar-refractivity contribution is 6.07. The monoisotopic (exact) mass is 285 g/mol. The molecule has 0 aliphatic carbocycles. The summed E-state index contributed by atoms with van der Waals surface area (Å²) in [4.78, 5) is 16.3. The number of carbonyl (C=O) groups excluding carboxylic acids is 1. The average molecular weight is 285 g/mol. The van der Waals surface area contributed by atoms with Crippen molar-refractivity contribution < 1.29 is 14.3 Å². The summed E-state index contributed by atoms with van der Waals surface area (Å²) in [6, 6.07) is 7.06. The second-order valence-electron chi connectivity index (χ2n) is 4.48. The van der Waals surface area contributed by atoms with Crippen molar-refractivity contribution in [2.75, 3.05) is 30.9 Å². The number of nitrogens with one attached hydrogen (secondary N) is 2. The van der Waals surface area contributed by atoms with Gasteiger partial charge >= 0.3 is 0 Å². The van der Waals surface area contributed by atoms with Crippen molar-refractivity contribution in [3.05, 3.63) is 42.2 Å². The van der Waals surface area contributed by atoms with E-state index in [2.05, 4.69) is 15.6 Å². The van der Waals surface area contributed by atoms with E-state index in [1.54, 1.807) is 37.5 Å². The Morgan fingerprint density at radius 1 is 1.19 bits per heavy atom. The lowest BCUT2D eigenvalue weighted by atomic mass is 10.2. The quantitative estimate of drug-likeness (QED) is 0.904. The number of rotatable bonds is 3. The van der Waals surface area contributed by atoms with Crippen LogP contribution >= 0.6 is 0 Å². The van der Waals surface area contributed by atoms with Crippen molar-refractivity contribution in [3.63, 3.8) is 0 Å². The summed E-state index contributed by atoms with van der Waals surface area (Å²) in [6.45, 7) is 1.05. The maximum absolute atomic E-state index is 12.3. The van der Waals surface area contributed by atoms with Crippen molar-refractivity contribution in [2.45, 2.75) is 0 Å². The standard InChI is InChI=1S/C15H15N3O3/c1-16-12-4-5-17-9-11(12)15(19)18-10-2-3-13-14(8-10)21-7-6-20-13/h2-5,8-9H,6-7H2,1H3,(H,16,17)(H,18,19). The molecule has 2 heterocycles. The first-order valence-electron chi connectivity index (χ1n) is 6.60. The molecule has 1 amide bonds. The van der Waals surface area contributed by atoms with Gasteiger partial charge in [0.05, 0.1) is 5.56 Å². The second kappa shape index (κ2) is 5.70. The molecule has 1 aliphatic rings. The summed E-state index contributed by atoms with van der Waals surface area (Å²) in [6.07, 6.45) is 3.16. The van der Waals surface area contributed by atoms with Gasteiger partial charge in [0.1, 0.15) is 13.2 Å². The molecule has 1 aromatic heterocycles. The minimum atomic E-state index is -0.232. The summed E-state index contributed by atoms with van der Waals surface area (Å²) in [7, 11) is 1.76. The highest BCUT2D eigenvalue weighted by Gasteiger charge is 2.15. The maximum Gasteiger partial charge on any atom is 0.259 e. The molecule has 0 spiro atoms. The first-order valence-corrected chi connectivity index (χ1v) is 6.60. The molecule has 2 N–H and O–H groups in total. The van der Waals surface area contributed by atoms with Crippen LogP contribution in [0.2, 0.25) is 0 Å². The van der Waals surface area contributed by atoms with E-state index in [0.29, 0.717) is 36.0 Å². The lowest BCUT2D eigenvalue weighted by Gasteiger charge is -2.19. The number of hydrogen-bond donors (Lipinski definition) is 2. The Labute approximate surface area is 122 Å². The Kier molecular flexibility index (Phi) is 3.59. The van der Waals surface area contributed by atoms with E-state index in [-0.39, 0.29) is 5.91 Å². The molecule has 2 aromatic rings. The van der Waals surface area contributed by atoms with Crippen molar-refractivity contribution in [1.29, 1.82) is 0 Å². The number of carbonyl (C=O) groups is 1. The third-order valence-corrected chi connectivity index (χ3v) is 3.14. The molecule has 6 nitrogen and oxygen atoms in total. The largest absolute Gasteiger partial charge is 0.486 e. The van der Waals surface area contributed by atoms with Gasteiger partial charge in [0.25, 0.3) is 5.91 Å². The fourth-order valence-electron chi connectivity index (χ4n) is 2.11. The lowest BCUT2D eigenvalue weighted by molar-refractivity contribution is 0.102. The zero-order valence-electron chi connectivity index (χ0n) is 11.6. The number of fused-ring (bicyclic) bond motifs is 1. The smallest absolute Gasteiger partial charge is 0.259 e. The molecule has 0 bridgehead atoms. The molecular formula is C15H15N3O3. The number of aromatic nitrogens is 1. The van der Waals surface area contributed by atoms with Crippen LogP contribution in [-0.2, 0) is 0 Å². The van der Waals surface area contributed by atoms with Crippen LogP contribution in [0.15, 0.2) is 36.7 Å². The third-order valence-electron chi connectivity index (χ3n) is 3.14. The Morgan fingerprint density at radius 2 is 2.00 bits per heavy atom. The topological polar surface area (TPSA) is 72.5 Å². The molecule has 3 rings (SSSR count). The minimum absolute atomic E-state index is 0.232. The van der Waals surface area contributed by atoms with Gasteiger partial charge in [0, 0.05) is 36.9 Å². The number of benzene rings is 1. The van der Waals surface area contributed by atoms with Crippen LogP contribution < -0.4 is 20.1 Å². The number of amides is 1. The number of nitrogens with zero attached hydrogens (tertiary/aromatic N) is 1. The molecule has 6 heteroatoms. The normalized spacial score (nSPS) is 12.6. The van der Waals surface area contributed by atoms with Crippen LogP contribution in [0, 0.1) is 0 Å². The molecule has 1 aromatic carbocycles. The Balaban J connectivity index is 1.81. The van der Waals surface area contributed by atoms with E-state index in [0.717, 1.165) is 5.69 Å². The highest BCUT2D eigenvalue weighted by Crippen LogP contribution is 2.32. The number of anilines is 2. The fraction of sp³-hybridized carbons (Fsp3) is 0.200. The van der Waals surface area contributed by atoms with Crippen molar-refractivity contribution in [3.8, 4) is 11.5 Å². The van der Waals surface area contributed by atoms with Gasteiger partial charge in [-0.1, -0.05) is 0 Å². The molecule has 0 radical (unpaired) electrons. The number of hydrogen-bond acceptors (Lipinski definition) is 5. The van der Waals surface area contributed by atoms with Gasteiger partial charge in [-0.25, -0.2) is 0 Å². The summed E-state index contributed by atoms with van der Waals surface area (Å²) >= 11 is 0. The Hall–Kier alpha value is -2.76. The predicted molar refractivity (Wildman–Crippen MR) is 79.2 cm³/mol. The van der Waals surface area contributed by atoms with Crippen LogP contribution in [0.4, 0.5) is 11.4 Å². The van der Waals surface area contributed by atoms with Gasteiger partial charge in [-0.3, -0.25) is 9.78 Å². The maximum atomic E-state index is 12.3. The number of pyridine rings is 1. The van der Waals surface area contributed by atoms with E-state index < -0.39 is 0 Å². The van der Waals surface area contributed by atoms with E-state index in [9.17, 15) is 4.79 Å². The molecule has 108 valence electrons. The summed E-state index contributed by atoms with van der Waals surface area (Å²) < 4.78 is 10.9. The average Bonchev–Trinajstić information content (AvgIpc) is 2.54. The van der Waals surface area contributed by atoms with E-state index in [1.165, 1.54) is 6.20 Å². The third kappa shape index (κ3) is 2.74. The zero-order chi connectivity index (χ0) is 14.7. The zero-order valence-corrected chi connectivity index (χ0v) is 11.6. The van der Waals surface area contributed by atoms with Gasteiger partial charge in [-0.2, -0.15) is 0 Å². The molecule has 0 saturated carbocycles. The van der Waals surface area contributed by atoms with Crippen molar-refractivity contribution in [2.24, 2.45) is 0 Å². The highest BCUT2D eigenvalue weighted by atomic mass is 16.6. The molecule has 0 saturated heterocycles. The lowest BCUT2D eigenvalue weighted by Crippen LogP contribution is -2.17. The van der Waals surface area contributed by atoms with E-state index >= 15 is 0 Å². The fourth-order valence-corrected chi connectivity index (χ4v) is 2.11. The molecule has 0 fully saturated rings. The van der Waals surface area contributed by atoms with Crippen molar-refractivity contribution >= 4 is 17.3 Å². The van der Waals surface area contributed by atoms with Crippen LogP contribution in [0.3, 0.4) is 0 Å². The van der Waals surface area contributed by atoms with Crippen molar-refractivity contribution in [1.82, 2.24) is 4.98 Å². The molecule has 1 aliphatic heterocycles. The van der Waals surface area contributed by atoms with Crippen LogP contribution in [-0.4, -0.2) is 31.2 Å². The van der Waals surface area contributed by atoms with E-state index in [1.807, 2.05) is 0 Å². The first kappa shape index (κ1) is 13.2. The van der Waals surface area contributed by atoms with Gasteiger partial charge in [-0.05, 0) is 18.2 Å². The summed E-state index contributed by atoms with van der Waals surface area (Å²) in [5.74, 6) is 1.10. The summed E-state index contributed by atoms with van der Waals surface area (Å²) in [5, 5.41) is 5.80. The second-order valence-corrected chi connectivity index (χ2v) is 4.48. The van der Waals surface area contributed by atoms with Crippen LogP contribution in [0.5, 0.6) is 11.5 Å². The molecule has 21 heavy (non-hydrogen) atoms.